The molecule has 0 bridgehead atoms. The molecule has 0 aliphatic rings. The highest BCUT2D eigenvalue weighted by molar-refractivity contribution is 6.07. The number of hydrogen-bond donors (Lipinski definition) is 2. The lowest BCUT2D eigenvalue weighted by atomic mass is 10.2. The average molecular weight is 331 g/mol. The zero-order chi connectivity index (χ0) is 17.7. The molecule has 24 heavy (non-hydrogen) atoms. The zero-order valence-electron chi connectivity index (χ0n) is 14.2. The summed E-state index contributed by atoms with van der Waals surface area (Å²) in [6, 6.07) is 4.82. The fourth-order valence-corrected chi connectivity index (χ4v) is 2.05. The number of carbonyl (C=O) groups excluding carboxylic acids is 2. The number of aromatic nitrogens is 2. The van der Waals surface area contributed by atoms with Crippen LogP contribution in [0, 0.1) is 6.92 Å². The number of rotatable bonds is 6. The average Bonchev–Trinajstić information content (AvgIpc) is 2.94. The number of aryl methyl sites for hydroxylation is 1. The van der Waals surface area contributed by atoms with Crippen LogP contribution in [-0.2, 0) is 4.74 Å². The maximum Gasteiger partial charge on any atom is 0.356 e. The van der Waals surface area contributed by atoms with E-state index in [2.05, 4.69) is 15.3 Å². The Kier molecular flexibility index (Phi) is 5.57. The fourth-order valence-electron chi connectivity index (χ4n) is 2.05. The van der Waals surface area contributed by atoms with Gasteiger partial charge in [-0.3, -0.25) is 4.79 Å². The third kappa shape index (κ3) is 4.13. The Labute approximate surface area is 140 Å². The number of methoxy groups -OCH3 is 1. The summed E-state index contributed by atoms with van der Waals surface area (Å²) in [6.07, 6.45) is 2.36. The highest BCUT2D eigenvalue weighted by atomic mass is 16.5. The highest BCUT2D eigenvalue weighted by Gasteiger charge is 2.18. The van der Waals surface area contributed by atoms with Crippen LogP contribution >= 0.6 is 0 Å². The number of nitrogens with one attached hydrogen (secondary N) is 2. The molecule has 0 radical (unpaired) electrons. The number of aromatic amines is 1. The first-order valence-corrected chi connectivity index (χ1v) is 7.66. The van der Waals surface area contributed by atoms with E-state index in [0.717, 1.165) is 12.1 Å². The van der Waals surface area contributed by atoms with Gasteiger partial charge in [0.15, 0.2) is 0 Å². The fraction of sp³-hybridized carbons (Fsp3) is 0.353. The molecule has 0 fully saturated rings. The molecular weight excluding hydrogens is 310 g/mol. The second-order valence-corrected chi connectivity index (χ2v) is 5.41. The number of hydrogen-bond acceptors (Lipinski definition) is 5. The van der Waals surface area contributed by atoms with E-state index in [-0.39, 0.29) is 17.7 Å². The van der Waals surface area contributed by atoms with Crippen molar-refractivity contribution in [3.63, 3.8) is 0 Å². The molecule has 2 aromatic heterocycles. The molecule has 1 unspecified atom stereocenters. The highest BCUT2D eigenvalue weighted by Crippen LogP contribution is 2.20. The molecule has 1 amide bonds. The van der Waals surface area contributed by atoms with E-state index in [1.807, 2.05) is 13.8 Å². The van der Waals surface area contributed by atoms with Crippen LogP contribution in [0.5, 0.6) is 5.88 Å². The Hall–Kier alpha value is -2.83. The summed E-state index contributed by atoms with van der Waals surface area (Å²) in [5.41, 5.74) is 1.69. The molecule has 7 heteroatoms. The maximum atomic E-state index is 12.4. The lowest BCUT2D eigenvalue weighted by Gasteiger charge is -2.12. The molecule has 7 nitrogen and oxygen atoms in total. The molecule has 0 aliphatic heterocycles. The van der Waals surface area contributed by atoms with E-state index in [1.54, 1.807) is 25.1 Å². The van der Waals surface area contributed by atoms with Gasteiger partial charge in [-0.25, -0.2) is 9.78 Å². The summed E-state index contributed by atoms with van der Waals surface area (Å²) in [4.78, 5) is 31.1. The van der Waals surface area contributed by atoms with Crippen LogP contribution in [0.1, 0.15) is 46.8 Å². The number of H-pyrrole nitrogens is 1. The van der Waals surface area contributed by atoms with Gasteiger partial charge in [0.1, 0.15) is 5.69 Å². The van der Waals surface area contributed by atoms with Crippen molar-refractivity contribution >= 4 is 17.6 Å². The number of amides is 1. The first-order valence-electron chi connectivity index (χ1n) is 7.66. The van der Waals surface area contributed by atoms with E-state index in [1.165, 1.54) is 13.3 Å². The van der Waals surface area contributed by atoms with Crippen molar-refractivity contribution in [2.24, 2.45) is 0 Å². The largest absolute Gasteiger partial charge is 0.475 e. The SMILES string of the molecule is CCC(C)Oc1cc(C(=O)Nc2cc(C)[nH]c2C(=O)OC)ccn1. The Morgan fingerprint density at radius 1 is 1.38 bits per heavy atom. The van der Waals surface area contributed by atoms with Gasteiger partial charge in [0, 0.05) is 23.5 Å². The minimum atomic E-state index is -0.547. The number of pyridine rings is 1. The molecule has 0 saturated heterocycles. The monoisotopic (exact) mass is 331 g/mol. The molecule has 2 N–H and O–H groups in total. The minimum absolute atomic E-state index is 0.00839. The number of nitrogens with zero attached hydrogens (tertiary/aromatic N) is 1. The summed E-state index contributed by atoms with van der Waals surface area (Å²) in [5, 5.41) is 2.70. The zero-order valence-corrected chi connectivity index (χ0v) is 14.2. The molecule has 0 aliphatic carbocycles. The van der Waals surface area contributed by atoms with Crippen LogP contribution in [0.3, 0.4) is 0 Å². The van der Waals surface area contributed by atoms with Crippen molar-refractivity contribution in [3.8, 4) is 5.88 Å². The van der Waals surface area contributed by atoms with Gasteiger partial charge in [-0.2, -0.15) is 0 Å². The Balaban J connectivity index is 2.19. The lowest BCUT2D eigenvalue weighted by molar-refractivity contribution is 0.0596. The Morgan fingerprint density at radius 2 is 2.12 bits per heavy atom. The molecule has 0 aromatic carbocycles. The van der Waals surface area contributed by atoms with Crippen molar-refractivity contribution in [2.45, 2.75) is 33.3 Å². The quantitative estimate of drug-likeness (QED) is 0.794. The van der Waals surface area contributed by atoms with Gasteiger partial charge in [-0.15, -0.1) is 0 Å². The number of carbonyl (C=O) groups is 2. The molecular formula is C17H21N3O4. The third-order valence-electron chi connectivity index (χ3n) is 3.48. The molecule has 2 heterocycles. The predicted molar refractivity (Wildman–Crippen MR) is 89.4 cm³/mol. The number of esters is 1. The summed E-state index contributed by atoms with van der Waals surface area (Å²) in [6.45, 7) is 5.72. The van der Waals surface area contributed by atoms with Gasteiger partial charge in [0.2, 0.25) is 5.88 Å². The third-order valence-corrected chi connectivity index (χ3v) is 3.48. The van der Waals surface area contributed by atoms with Gasteiger partial charge in [0.05, 0.1) is 18.9 Å². The van der Waals surface area contributed by atoms with E-state index in [9.17, 15) is 9.59 Å². The van der Waals surface area contributed by atoms with E-state index >= 15 is 0 Å². The normalized spacial score (nSPS) is 11.7. The molecule has 128 valence electrons. The maximum absolute atomic E-state index is 12.4. The van der Waals surface area contributed by atoms with Crippen LogP contribution in [0.25, 0.3) is 0 Å². The van der Waals surface area contributed by atoms with Gasteiger partial charge in [0.25, 0.3) is 5.91 Å². The van der Waals surface area contributed by atoms with Crippen LogP contribution in [0.15, 0.2) is 24.4 Å². The van der Waals surface area contributed by atoms with E-state index in [4.69, 9.17) is 9.47 Å². The molecule has 2 aromatic rings. The van der Waals surface area contributed by atoms with Crippen molar-refractivity contribution < 1.29 is 19.1 Å². The molecule has 1 atom stereocenters. The van der Waals surface area contributed by atoms with Crippen LogP contribution < -0.4 is 10.1 Å². The summed E-state index contributed by atoms with van der Waals surface area (Å²) in [7, 11) is 1.28. The van der Waals surface area contributed by atoms with Gasteiger partial charge in [-0.1, -0.05) is 6.92 Å². The second-order valence-electron chi connectivity index (χ2n) is 5.41. The standard InChI is InChI=1S/C17H21N3O4/c1-5-11(3)24-14-9-12(6-7-18-14)16(21)20-13-8-10(2)19-15(13)17(22)23-4/h6-9,11,19H,5H2,1-4H3,(H,20,21). The van der Waals surface area contributed by atoms with Crippen LogP contribution in [0.2, 0.25) is 0 Å². The van der Waals surface area contributed by atoms with Crippen LogP contribution in [0.4, 0.5) is 5.69 Å². The van der Waals surface area contributed by atoms with Gasteiger partial charge >= 0.3 is 5.97 Å². The Morgan fingerprint density at radius 3 is 2.79 bits per heavy atom. The summed E-state index contributed by atoms with van der Waals surface area (Å²) in [5.74, 6) is -0.528. The lowest BCUT2D eigenvalue weighted by Crippen LogP contribution is -2.16. The first-order chi connectivity index (χ1) is 11.4. The van der Waals surface area contributed by atoms with Crippen molar-refractivity contribution in [2.75, 3.05) is 12.4 Å². The van der Waals surface area contributed by atoms with E-state index in [0.29, 0.717) is 17.1 Å². The van der Waals surface area contributed by atoms with Crippen molar-refractivity contribution in [1.82, 2.24) is 9.97 Å². The van der Waals surface area contributed by atoms with Crippen LogP contribution in [-0.4, -0.2) is 35.1 Å². The molecule has 0 spiro atoms. The summed E-state index contributed by atoms with van der Waals surface area (Å²) >= 11 is 0. The molecule has 0 saturated carbocycles. The number of ether oxygens (including phenoxy) is 2. The Bertz CT molecular complexity index is 739. The van der Waals surface area contributed by atoms with E-state index < -0.39 is 5.97 Å². The minimum Gasteiger partial charge on any atom is -0.475 e. The predicted octanol–water partition coefficient (Wildman–Crippen LogP) is 2.93. The summed E-state index contributed by atoms with van der Waals surface area (Å²) < 4.78 is 10.3. The smallest absolute Gasteiger partial charge is 0.356 e. The second kappa shape index (κ2) is 7.63. The van der Waals surface area contributed by atoms with Gasteiger partial charge in [-0.05, 0) is 32.4 Å². The van der Waals surface area contributed by atoms with Crippen molar-refractivity contribution in [1.29, 1.82) is 0 Å². The molecule has 2 rings (SSSR count). The first kappa shape index (κ1) is 17.5. The topological polar surface area (TPSA) is 93.3 Å². The number of anilines is 1. The van der Waals surface area contributed by atoms with Crippen molar-refractivity contribution in [3.05, 3.63) is 41.3 Å². The van der Waals surface area contributed by atoms with Gasteiger partial charge < -0.3 is 19.8 Å².